The fraction of sp³-hybridized carbons (Fsp3) is 0.102. The Morgan fingerprint density at radius 1 is 0.885 bits per heavy atom. The number of nitrogens with zero attached hydrogens (tertiary/aromatic N) is 3. The van der Waals surface area contributed by atoms with Crippen molar-refractivity contribution in [1.29, 1.82) is 0 Å². The number of benzene rings is 4. The standard InChI is InChI=1S/C49H43N3/c1-7-9-17-35(3)18-16-20-37(5)45(8-2)50-47(48-33-31-40-21-11-15-25-46(40)51-48)32-28-38-26-29-39(30-27-38)44-34-52(6)49(41-22-12-10-19-36(41)4)43-24-14-13-23-42(43)44/h7-15,17-19,21-27,29-34,37H,1-2,4,28H2,3,5-6H3/b17-9-,35-18+,47-32-,49-41-,50-45?. The van der Waals surface area contributed by atoms with Gasteiger partial charge in [0.15, 0.2) is 0 Å². The molecule has 1 aliphatic rings. The fourth-order valence-corrected chi connectivity index (χ4v) is 6.29. The molecule has 6 rings (SSSR count). The first-order valence-electron chi connectivity index (χ1n) is 17.5. The van der Waals surface area contributed by atoms with Gasteiger partial charge >= 0.3 is 0 Å². The lowest BCUT2D eigenvalue weighted by atomic mass is 9.89. The van der Waals surface area contributed by atoms with Crippen molar-refractivity contribution in [3.05, 3.63) is 209 Å². The van der Waals surface area contributed by atoms with Crippen LogP contribution in [0.15, 0.2) is 176 Å². The van der Waals surface area contributed by atoms with Crippen LogP contribution in [0.3, 0.4) is 0 Å². The van der Waals surface area contributed by atoms with Crippen molar-refractivity contribution in [1.82, 2.24) is 9.88 Å². The molecular formula is C49H43N3. The SMILES string of the molecule is C=C/C=C\C(C)=C\C#CC(C)C(C=C)=N/C(=C\Cc1ccc(C2=CN(C)/C(=c3/ccccc3=C)c3ccccc32)cc1)c1ccc2ccccc2n1. The topological polar surface area (TPSA) is 28.5 Å². The maximum absolute atomic E-state index is 5.12. The van der Waals surface area contributed by atoms with Gasteiger partial charge in [0.1, 0.15) is 0 Å². The first-order chi connectivity index (χ1) is 25.4. The summed E-state index contributed by atoms with van der Waals surface area (Å²) in [6.45, 7) is 16.2. The van der Waals surface area contributed by atoms with Crippen molar-refractivity contribution in [3.63, 3.8) is 0 Å². The summed E-state index contributed by atoms with van der Waals surface area (Å²) < 4.78 is 0. The van der Waals surface area contributed by atoms with Gasteiger partial charge in [0.05, 0.1) is 34.2 Å². The third kappa shape index (κ3) is 8.10. The number of allylic oxidation sites excluding steroid dienone is 7. The summed E-state index contributed by atoms with van der Waals surface area (Å²) in [6.07, 6.45) is 14.4. The molecule has 3 nitrogen and oxygen atoms in total. The Balaban J connectivity index is 1.33. The van der Waals surface area contributed by atoms with E-state index in [0.29, 0.717) is 6.42 Å². The third-order valence-electron chi connectivity index (χ3n) is 9.07. The monoisotopic (exact) mass is 673 g/mol. The molecule has 1 aliphatic heterocycles. The van der Waals surface area contributed by atoms with E-state index < -0.39 is 0 Å². The third-order valence-corrected chi connectivity index (χ3v) is 9.07. The number of rotatable bonds is 9. The van der Waals surface area contributed by atoms with Gasteiger partial charge in [-0.3, -0.25) is 4.99 Å². The van der Waals surface area contributed by atoms with Gasteiger partial charge in [-0.05, 0) is 72.0 Å². The lowest BCUT2D eigenvalue weighted by Gasteiger charge is -2.29. The Kier molecular flexibility index (Phi) is 11.2. The summed E-state index contributed by atoms with van der Waals surface area (Å²) in [7, 11) is 2.11. The van der Waals surface area contributed by atoms with Crippen LogP contribution in [0, 0.1) is 17.8 Å². The van der Waals surface area contributed by atoms with Crippen LogP contribution in [-0.4, -0.2) is 22.6 Å². The van der Waals surface area contributed by atoms with E-state index >= 15 is 0 Å². The summed E-state index contributed by atoms with van der Waals surface area (Å²) in [5.41, 5.74) is 11.5. The molecule has 52 heavy (non-hydrogen) atoms. The van der Waals surface area contributed by atoms with Gasteiger partial charge in [-0.2, -0.15) is 0 Å². The van der Waals surface area contributed by atoms with Gasteiger partial charge in [-0.15, -0.1) is 0 Å². The number of aliphatic imine (C=N–C) groups is 1. The summed E-state index contributed by atoms with van der Waals surface area (Å²) in [5.74, 6) is 6.37. The van der Waals surface area contributed by atoms with Gasteiger partial charge in [-0.25, -0.2) is 4.98 Å². The van der Waals surface area contributed by atoms with Gasteiger partial charge in [-0.1, -0.05) is 153 Å². The first kappa shape index (κ1) is 35.3. The lowest BCUT2D eigenvalue weighted by molar-refractivity contribution is 0.646. The highest BCUT2D eigenvalue weighted by molar-refractivity contribution is 6.01. The van der Waals surface area contributed by atoms with E-state index in [4.69, 9.17) is 9.98 Å². The fourth-order valence-electron chi connectivity index (χ4n) is 6.29. The highest BCUT2D eigenvalue weighted by Gasteiger charge is 2.21. The van der Waals surface area contributed by atoms with Crippen LogP contribution in [0.1, 0.15) is 41.8 Å². The Morgan fingerprint density at radius 3 is 2.38 bits per heavy atom. The average molecular weight is 674 g/mol. The number of para-hydroxylation sites is 1. The van der Waals surface area contributed by atoms with Crippen LogP contribution >= 0.6 is 0 Å². The molecule has 4 aromatic carbocycles. The maximum Gasteiger partial charge on any atom is 0.0890 e. The Labute approximate surface area is 308 Å². The Morgan fingerprint density at radius 2 is 1.62 bits per heavy atom. The molecule has 0 radical (unpaired) electrons. The van der Waals surface area contributed by atoms with Crippen LogP contribution in [-0.2, 0) is 6.42 Å². The molecule has 1 atom stereocenters. The molecule has 5 aromatic rings. The van der Waals surface area contributed by atoms with Crippen LogP contribution in [0.25, 0.3) is 34.4 Å². The minimum absolute atomic E-state index is 0.127. The van der Waals surface area contributed by atoms with Gasteiger partial charge in [0, 0.05) is 35.0 Å². The van der Waals surface area contributed by atoms with Crippen molar-refractivity contribution in [3.8, 4) is 11.8 Å². The summed E-state index contributed by atoms with van der Waals surface area (Å²) in [4.78, 5) is 12.3. The molecule has 2 heterocycles. The molecule has 0 bridgehead atoms. The van der Waals surface area contributed by atoms with Gasteiger partial charge in [0.2, 0.25) is 0 Å². The Bertz CT molecular complexity index is 2480. The predicted octanol–water partition coefficient (Wildman–Crippen LogP) is 9.67. The molecule has 3 heteroatoms. The molecule has 0 aliphatic carbocycles. The lowest BCUT2D eigenvalue weighted by Crippen LogP contribution is -2.32. The van der Waals surface area contributed by atoms with Crippen LogP contribution in [0.5, 0.6) is 0 Å². The van der Waals surface area contributed by atoms with E-state index in [1.807, 2.05) is 55.5 Å². The molecule has 0 fully saturated rings. The number of hydrogen-bond donors (Lipinski definition) is 0. The average Bonchev–Trinajstić information content (AvgIpc) is 3.17. The highest BCUT2D eigenvalue weighted by Crippen LogP contribution is 2.35. The molecule has 1 unspecified atom stereocenters. The number of pyridine rings is 1. The van der Waals surface area contributed by atoms with Crippen LogP contribution in [0.4, 0.5) is 0 Å². The largest absolute Gasteiger partial charge is 0.349 e. The van der Waals surface area contributed by atoms with E-state index in [9.17, 15) is 0 Å². The first-order valence-corrected chi connectivity index (χ1v) is 17.5. The maximum atomic E-state index is 5.12. The van der Waals surface area contributed by atoms with E-state index in [0.717, 1.165) is 55.3 Å². The van der Waals surface area contributed by atoms with E-state index in [2.05, 4.69) is 142 Å². The van der Waals surface area contributed by atoms with Crippen molar-refractivity contribution in [2.75, 3.05) is 7.05 Å². The van der Waals surface area contributed by atoms with E-state index in [-0.39, 0.29) is 5.92 Å². The van der Waals surface area contributed by atoms with Gasteiger partial charge in [0.25, 0.3) is 0 Å². The van der Waals surface area contributed by atoms with Crippen molar-refractivity contribution in [2.45, 2.75) is 20.3 Å². The molecule has 0 saturated carbocycles. The molecule has 254 valence electrons. The summed E-state index contributed by atoms with van der Waals surface area (Å²) in [6, 6.07) is 38.0. The summed E-state index contributed by atoms with van der Waals surface area (Å²) >= 11 is 0. The van der Waals surface area contributed by atoms with Crippen molar-refractivity contribution < 1.29 is 0 Å². The normalized spacial score (nSPS) is 15.1. The summed E-state index contributed by atoms with van der Waals surface area (Å²) in [5, 5.41) is 3.24. The second-order valence-corrected chi connectivity index (χ2v) is 12.8. The molecule has 0 saturated heterocycles. The van der Waals surface area contributed by atoms with Crippen LogP contribution in [0.2, 0.25) is 0 Å². The number of fused-ring (bicyclic) bond motifs is 2. The molecule has 1 aromatic heterocycles. The molecular weight excluding hydrogens is 631 g/mol. The van der Waals surface area contributed by atoms with Crippen molar-refractivity contribution in [2.24, 2.45) is 10.9 Å². The number of aromatic nitrogens is 1. The quantitative estimate of drug-likeness (QED) is 0.0886. The zero-order chi connectivity index (χ0) is 36.5. The zero-order valence-electron chi connectivity index (χ0n) is 30.2. The predicted molar refractivity (Wildman–Crippen MR) is 223 cm³/mol. The second-order valence-electron chi connectivity index (χ2n) is 12.8. The molecule has 0 N–H and O–H groups in total. The molecule has 0 amide bonds. The minimum Gasteiger partial charge on any atom is -0.349 e. The minimum atomic E-state index is -0.127. The van der Waals surface area contributed by atoms with E-state index in [1.165, 1.54) is 22.3 Å². The van der Waals surface area contributed by atoms with Crippen molar-refractivity contribution >= 4 is 40.2 Å². The second kappa shape index (κ2) is 16.5. The number of hydrogen-bond acceptors (Lipinski definition) is 3. The molecule has 0 spiro atoms. The van der Waals surface area contributed by atoms with E-state index in [1.54, 1.807) is 12.2 Å². The Hall–Kier alpha value is -6.50. The van der Waals surface area contributed by atoms with Gasteiger partial charge < -0.3 is 4.90 Å². The highest BCUT2D eigenvalue weighted by atomic mass is 15.1. The van der Waals surface area contributed by atoms with Crippen LogP contribution < -0.4 is 10.4 Å². The smallest absolute Gasteiger partial charge is 0.0890 e. The zero-order valence-corrected chi connectivity index (χ0v) is 30.2.